The zero-order valence-corrected chi connectivity index (χ0v) is 11.3. The number of benzene rings is 1. The Morgan fingerprint density at radius 1 is 1.44 bits per heavy atom. The van der Waals surface area contributed by atoms with E-state index in [1.165, 1.54) is 7.11 Å². The molecule has 1 heterocycles. The maximum absolute atomic E-state index is 11.6. The van der Waals surface area contributed by atoms with Crippen molar-refractivity contribution in [3.63, 3.8) is 0 Å². The van der Waals surface area contributed by atoms with Crippen molar-refractivity contribution >= 4 is 32.4 Å². The third-order valence-electron chi connectivity index (χ3n) is 2.59. The Bertz CT molecular complexity index is 511. The predicted molar refractivity (Wildman–Crippen MR) is 69.6 cm³/mol. The van der Waals surface area contributed by atoms with Crippen molar-refractivity contribution in [3.05, 3.63) is 35.4 Å². The summed E-state index contributed by atoms with van der Waals surface area (Å²) in [5.74, 6) is -0.489. The quantitative estimate of drug-likeness (QED) is 0.796. The van der Waals surface area contributed by atoms with Gasteiger partial charge in [0.25, 0.3) is 5.91 Å². The van der Waals surface area contributed by atoms with Crippen LogP contribution in [-0.2, 0) is 16.1 Å². The fraction of sp³-hybridized carbons (Fsp3) is 0.250. The molecule has 0 fully saturated rings. The molecule has 1 aromatic carbocycles. The number of hydrogen-bond acceptors (Lipinski definition) is 4. The Kier molecular flexibility index (Phi) is 3.76. The first kappa shape index (κ1) is 12.8. The summed E-state index contributed by atoms with van der Waals surface area (Å²) in [5, 5.41) is 0. The molecule has 0 saturated heterocycles. The smallest absolute Gasteiger partial charge is 0.337 e. The molecule has 0 spiro atoms. The summed E-state index contributed by atoms with van der Waals surface area (Å²) in [5.41, 5.74) is 1.43. The lowest BCUT2D eigenvalue weighted by molar-refractivity contribution is -0.123. The number of ether oxygens (including phenoxy) is 1. The van der Waals surface area contributed by atoms with Crippen LogP contribution in [0.25, 0.3) is 0 Å². The first-order valence-electron chi connectivity index (χ1n) is 5.28. The summed E-state index contributed by atoms with van der Waals surface area (Å²) < 4.78 is 4.97. The highest BCUT2D eigenvalue weighted by Crippen LogP contribution is 2.13. The zero-order valence-electron chi connectivity index (χ0n) is 9.72. The highest BCUT2D eigenvalue weighted by atomic mass is 79.9. The van der Waals surface area contributed by atoms with Gasteiger partial charge in [0, 0.05) is 6.54 Å². The summed E-state index contributed by atoms with van der Waals surface area (Å²) in [7, 11) is 1.34. The molecular weight excluding hydrogens is 300 g/mol. The van der Waals surface area contributed by atoms with Crippen LogP contribution in [-0.4, -0.2) is 35.2 Å². The van der Waals surface area contributed by atoms with Gasteiger partial charge in [-0.3, -0.25) is 9.79 Å². The van der Waals surface area contributed by atoms with Crippen LogP contribution in [0.3, 0.4) is 0 Å². The molecule has 5 nitrogen and oxygen atoms in total. The molecule has 6 heteroatoms. The zero-order chi connectivity index (χ0) is 13.1. The molecule has 0 unspecified atom stereocenters. The van der Waals surface area contributed by atoms with Crippen LogP contribution in [0.4, 0.5) is 0 Å². The predicted octanol–water partition coefficient (Wildman–Crippen LogP) is 1.57. The van der Waals surface area contributed by atoms with E-state index in [0.717, 1.165) is 5.56 Å². The molecule has 2 rings (SSSR count). The molecule has 94 valence electrons. The van der Waals surface area contributed by atoms with Crippen LogP contribution in [0.2, 0.25) is 0 Å². The number of hydrogen-bond donors (Lipinski definition) is 0. The first-order valence-corrected chi connectivity index (χ1v) is 6.07. The van der Waals surface area contributed by atoms with E-state index in [1.54, 1.807) is 29.2 Å². The minimum absolute atomic E-state index is 0.118. The highest BCUT2D eigenvalue weighted by Gasteiger charge is 2.23. The molecule has 0 saturated carbocycles. The molecule has 18 heavy (non-hydrogen) atoms. The van der Waals surface area contributed by atoms with Crippen LogP contribution < -0.4 is 0 Å². The minimum atomic E-state index is -0.370. The number of esters is 1. The fourth-order valence-corrected chi connectivity index (χ4v) is 1.98. The molecule has 0 N–H and O–H groups in total. The average molecular weight is 311 g/mol. The monoisotopic (exact) mass is 310 g/mol. The summed E-state index contributed by atoms with van der Waals surface area (Å²) in [6.07, 6.45) is 0. The van der Waals surface area contributed by atoms with E-state index in [0.29, 0.717) is 23.4 Å². The van der Waals surface area contributed by atoms with Gasteiger partial charge >= 0.3 is 5.97 Å². The van der Waals surface area contributed by atoms with Crippen molar-refractivity contribution in [2.45, 2.75) is 6.54 Å². The van der Waals surface area contributed by atoms with Gasteiger partial charge in [0.15, 0.2) is 4.62 Å². The van der Waals surface area contributed by atoms with Gasteiger partial charge in [-0.1, -0.05) is 12.1 Å². The van der Waals surface area contributed by atoms with Gasteiger partial charge in [-0.25, -0.2) is 4.79 Å². The Balaban J connectivity index is 2.03. The van der Waals surface area contributed by atoms with E-state index >= 15 is 0 Å². The second-order valence-electron chi connectivity index (χ2n) is 3.78. The number of amides is 1. The van der Waals surface area contributed by atoms with E-state index < -0.39 is 0 Å². The number of carbonyl (C=O) groups is 2. The molecule has 0 aromatic heterocycles. The van der Waals surface area contributed by atoms with Gasteiger partial charge in [0.2, 0.25) is 0 Å². The number of aliphatic imine (C=N–C) groups is 1. The molecule has 0 aliphatic carbocycles. The van der Waals surface area contributed by atoms with Gasteiger partial charge in [0.05, 0.1) is 12.7 Å². The number of carbonyl (C=O) groups excluding carboxylic acids is 2. The van der Waals surface area contributed by atoms with E-state index in [1.807, 2.05) is 0 Å². The van der Waals surface area contributed by atoms with E-state index in [4.69, 9.17) is 0 Å². The number of nitrogens with zero attached hydrogens (tertiary/aromatic N) is 2. The third-order valence-corrected chi connectivity index (χ3v) is 3.18. The number of halogens is 1. The van der Waals surface area contributed by atoms with Crippen molar-refractivity contribution in [2.24, 2.45) is 4.99 Å². The average Bonchev–Trinajstić information content (AvgIpc) is 2.71. The molecule has 0 bridgehead atoms. The van der Waals surface area contributed by atoms with Crippen molar-refractivity contribution in [1.82, 2.24) is 4.90 Å². The molecule has 1 aliphatic heterocycles. The van der Waals surface area contributed by atoms with Crippen molar-refractivity contribution < 1.29 is 14.3 Å². The standard InChI is InChI=1S/C12H11BrN2O3/c1-18-12(17)9-4-2-8(3-5-9)6-15-7-14-10(13)11(15)16/h2-5H,6-7H2,1H3. The molecule has 1 aromatic rings. The van der Waals surface area contributed by atoms with Gasteiger partial charge in [-0.15, -0.1) is 0 Å². The van der Waals surface area contributed by atoms with Gasteiger partial charge in [-0.05, 0) is 33.6 Å². The van der Waals surface area contributed by atoms with E-state index in [-0.39, 0.29) is 11.9 Å². The van der Waals surface area contributed by atoms with Crippen molar-refractivity contribution in [1.29, 1.82) is 0 Å². The Hall–Kier alpha value is -1.69. The van der Waals surface area contributed by atoms with E-state index in [9.17, 15) is 9.59 Å². The normalized spacial score (nSPS) is 14.7. The maximum Gasteiger partial charge on any atom is 0.337 e. The lowest BCUT2D eigenvalue weighted by Gasteiger charge is -2.14. The summed E-state index contributed by atoms with van der Waals surface area (Å²) in [4.78, 5) is 28.5. The summed E-state index contributed by atoms with van der Waals surface area (Å²) in [6.45, 7) is 0.830. The fourth-order valence-electron chi connectivity index (χ4n) is 1.62. The van der Waals surface area contributed by atoms with Crippen LogP contribution in [0.15, 0.2) is 29.3 Å². The van der Waals surface area contributed by atoms with E-state index in [2.05, 4.69) is 25.7 Å². The second-order valence-corrected chi connectivity index (χ2v) is 4.53. The summed E-state index contributed by atoms with van der Waals surface area (Å²) >= 11 is 3.10. The number of rotatable bonds is 3. The topological polar surface area (TPSA) is 59.0 Å². The van der Waals surface area contributed by atoms with Gasteiger partial charge in [-0.2, -0.15) is 0 Å². The van der Waals surface area contributed by atoms with Crippen LogP contribution in [0, 0.1) is 0 Å². The Morgan fingerprint density at radius 2 is 2.11 bits per heavy atom. The van der Waals surface area contributed by atoms with Crippen molar-refractivity contribution in [2.75, 3.05) is 13.8 Å². The molecule has 0 atom stereocenters. The SMILES string of the molecule is COC(=O)c1ccc(CN2CN=C(Br)C2=O)cc1. The highest BCUT2D eigenvalue weighted by molar-refractivity contribution is 9.19. The van der Waals surface area contributed by atoms with Crippen LogP contribution in [0.1, 0.15) is 15.9 Å². The molecule has 0 radical (unpaired) electrons. The second kappa shape index (κ2) is 5.30. The van der Waals surface area contributed by atoms with Crippen LogP contribution in [0.5, 0.6) is 0 Å². The molecular formula is C12H11BrN2O3. The largest absolute Gasteiger partial charge is 0.465 e. The lowest BCUT2D eigenvalue weighted by Crippen LogP contribution is -2.27. The molecule has 1 amide bonds. The third kappa shape index (κ3) is 2.59. The Labute approximate surface area is 113 Å². The maximum atomic E-state index is 11.6. The summed E-state index contributed by atoms with van der Waals surface area (Å²) in [6, 6.07) is 6.95. The minimum Gasteiger partial charge on any atom is -0.465 e. The Morgan fingerprint density at radius 3 is 2.61 bits per heavy atom. The van der Waals surface area contributed by atoms with Gasteiger partial charge < -0.3 is 9.64 Å². The number of methoxy groups -OCH3 is 1. The van der Waals surface area contributed by atoms with Crippen LogP contribution >= 0.6 is 15.9 Å². The van der Waals surface area contributed by atoms with Gasteiger partial charge in [0.1, 0.15) is 6.67 Å². The lowest BCUT2D eigenvalue weighted by atomic mass is 10.1. The van der Waals surface area contributed by atoms with Crippen molar-refractivity contribution in [3.8, 4) is 0 Å². The first-order chi connectivity index (χ1) is 8.61. The molecule has 1 aliphatic rings.